The molecule has 10 heteroatoms. The molecule has 0 radical (unpaired) electrons. The quantitative estimate of drug-likeness (QED) is 0.420. The van der Waals surface area contributed by atoms with E-state index in [1.54, 1.807) is 24.3 Å². The fourth-order valence-corrected chi connectivity index (χ4v) is 3.28. The standard InChI is InChI=1S/C19H15F4N3O2S/c1-10-2-3-11(6-12(10)9-24-19(27)28)16-4-5-26(25-16)17-14(20)7-13(8-15(17)21)29-18(22)23/h2-8,18,24H,9H2,1H3,(H,27,28). The summed E-state index contributed by atoms with van der Waals surface area (Å²) in [5.41, 5.74) is 2.15. The van der Waals surface area contributed by atoms with Crippen LogP contribution in [0.1, 0.15) is 11.1 Å². The van der Waals surface area contributed by atoms with E-state index in [1.165, 1.54) is 6.20 Å². The van der Waals surface area contributed by atoms with Gasteiger partial charge in [0.1, 0.15) is 5.69 Å². The van der Waals surface area contributed by atoms with Crippen LogP contribution in [0.15, 0.2) is 47.5 Å². The van der Waals surface area contributed by atoms with Crippen LogP contribution < -0.4 is 5.32 Å². The zero-order chi connectivity index (χ0) is 21.1. The van der Waals surface area contributed by atoms with Crippen LogP contribution in [0.2, 0.25) is 0 Å². The number of benzene rings is 2. The van der Waals surface area contributed by atoms with Gasteiger partial charge in [-0.3, -0.25) is 0 Å². The number of halogens is 4. The van der Waals surface area contributed by atoms with Gasteiger partial charge in [0.15, 0.2) is 11.6 Å². The van der Waals surface area contributed by atoms with Gasteiger partial charge in [-0.05, 0) is 42.3 Å². The third-order valence-corrected chi connectivity index (χ3v) is 4.79. The molecular formula is C19H15F4N3O2S. The van der Waals surface area contributed by atoms with E-state index < -0.39 is 29.2 Å². The molecule has 5 nitrogen and oxygen atoms in total. The van der Waals surface area contributed by atoms with Gasteiger partial charge >= 0.3 is 6.09 Å². The van der Waals surface area contributed by atoms with Gasteiger partial charge in [-0.1, -0.05) is 23.9 Å². The SMILES string of the molecule is Cc1ccc(-c2ccn(-c3c(F)cc(SC(F)F)cc3F)n2)cc1CNC(=O)O. The van der Waals surface area contributed by atoms with Gasteiger partial charge in [-0.15, -0.1) is 0 Å². The summed E-state index contributed by atoms with van der Waals surface area (Å²) >= 11 is 0.0516. The number of thioether (sulfide) groups is 1. The van der Waals surface area contributed by atoms with Crippen LogP contribution in [0.3, 0.4) is 0 Å². The van der Waals surface area contributed by atoms with Crippen LogP contribution in [0.4, 0.5) is 22.4 Å². The number of nitrogens with zero attached hydrogens (tertiary/aromatic N) is 2. The number of alkyl halides is 2. The van der Waals surface area contributed by atoms with Crippen molar-refractivity contribution in [2.45, 2.75) is 24.1 Å². The monoisotopic (exact) mass is 425 g/mol. The molecule has 1 heterocycles. The summed E-state index contributed by atoms with van der Waals surface area (Å²) < 4.78 is 54.5. The number of hydrogen-bond donors (Lipinski definition) is 2. The first kappa shape index (κ1) is 20.7. The Kier molecular flexibility index (Phi) is 6.12. The lowest BCUT2D eigenvalue weighted by Gasteiger charge is -2.09. The lowest BCUT2D eigenvalue weighted by atomic mass is 10.0. The average molecular weight is 425 g/mol. The molecule has 0 aliphatic carbocycles. The molecule has 0 fully saturated rings. The summed E-state index contributed by atoms with van der Waals surface area (Å²) in [6.07, 6.45) is 0.199. The molecule has 2 aromatic carbocycles. The predicted octanol–water partition coefficient (Wildman–Crippen LogP) is 5.21. The molecule has 0 aliphatic heterocycles. The van der Waals surface area contributed by atoms with E-state index in [-0.39, 0.29) is 23.2 Å². The second-order valence-corrected chi connectivity index (χ2v) is 7.12. The molecule has 1 aromatic heterocycles. The van der Waals surface area contributed by atoms with Crippen molar-refractivity contribution >= 4 is 17.9 Å². The highest BCUT2D eigenvalue weighted by Gasteiger charge is 2.17. The average Bonchev–Trinajstić information content (AvgIpc) is 3.09. The lowest BCUT2D eigenvalue weighted by molar-refractivity contribution is 0.194. The van der Waals surface area contributed by atoms with Crippen LogP contribution in [-0.2, 0) is 6.54 Å². The largest absolute Gasteiger partial charge is 0.465 e. The van der Waals surface area contributed by atoms with E-state index >= 15 is 0 Å². The highest BCUT2D eigenvalue weighted by atomic mass is 32.2. The summed E-state index contributed by atoms with van der Waals surface area (Å²) in [6.45, 7) is 1.92. The Morgan fingerprint density at radius 2 is 1.90 bits per heavy atom. The zero-order valence-corrected chi connectivity index (χ0v) is 15.8. The first-order valence-corrected chi connectivity index (χ1v) is 9.19. The van der Waals surface area contributed by atoms with Crippen LogP contribution in [-0.4, -0.2) is 26.7 Å². The molecule has 0 bridgehead atoms. The van der Waals surface area contributed by atoms with Crippen molar-refractivity contribution in [1.82, 2.24) is 15.1 Å². The van der Waals surface area contributed by atoms with Gasteiger partial charge < -0.3 is 10.4 Å². The highest BCUT2D eigenvalue weighted by molar-refractivity contribution is 7.99. The van der Waals surface area contributed by atoms with Crippen LogP contribution in [0.25, 0.3) is 16.9 Å². The first-order valence-electron chi connectivity index (χ1n) is 8.31. The fraction of sp³-hybridized carbons (Fsp3) is 0.158. The molecule has 29 heavy (non-hydrogen) atoms. The topological polar surface area (TPSA) is 67.2 Å². The first-order chi connectivity index (χ1) is 13.7. The van der Waals surface area contributed by atoms with Gasteiger partial charge in [0.2, 0.25) is 0 Å². The summed E-state index contributed by atoms with van der Waals surface area (Å²) in [5, 5.41) is 15.2. The van der Waals surface area contributed by atoms with Crippen LogP contribution in [0, 0.1) is 18.6 Å². The molecular weight excluding hydrogens is 410 g/mol. The lowest BCUT2D eigenvalue weighted by Crippen LogP contribution is -2.20. The van der Waals surface area contributed by atoms with Gasteiger partial charge in [-0.2, -0.15) is 13.9 Å². The number of rotatable bonds is 6. The maximum atomic E-state index is 14.3. The molecule has 152 valence electrons. The van der Waals surface area contributed by atoms with E-state index in [0.29, 0.717) is 11.3 Å². The summed E-state index contributed by atoms with van der Waals surface area (Å²) in [5.74, 6) is -4.82. The molecule has 0 unspecified atom stereocenters. The number of aryl methyl sites for hydroxylation is 1. The van der Waals surface area contributed by atoms with Gasteiger partial charge in [0, 0.05) is 23.2 Å². The van der Waals surface area contributed by atoms with Crippen LogP contribution >= 0.6 is 11.8 Å². The Hall–Kier alpha value is -3.01. The van der Waals surface area contributed by atoms with E-state index in [9.17, 15) is 22.4 Å². The Morgan fingerprint density at radius 1 is 1.21 bits per heavy atom. The van der Waals surface area contributed by atoms with Gasteiger partial charge in [0.05, 0.1) is 5.69 Å². The molecule has 0 spiro atoms. The minimum atomic E-state index is -2.79. The van der Waals surface area contributed by atoms with Crippen LogP contribution in [0.5, 0.6) is 0 Å². The Bertz CT molecular complexity index is 1030. The number of carbonyl (C=O) groups is 1. The maximum absolute atomic E-state index is 14.3. The smallest absolute Gasteiger partial charge is 0.404 e. The number of nitrogens with one attached hydrogen (secondary N) is 1. The van der Waals surface area contributed by atoms with Crippen molar-refractivity contribution in [1.29, 1.82) is 0 Å². The number of amides is 1. The normalized spacial score (nSPS) is 11.1. The van der Waals surface area contributed by atoms with E-state index in [4.69, 9.17) is 5.11 Å². The van der Waals surface area contributed by atoms with Crippen molar-refractivity contribution in [3.63, 3.8) is 0 Å². The molecule has 2 N–H and O–H groups in total. The van der Waals surface area contributed by atoms with Gasteiger partial charge in [-0.25, -0.2) is 18.3 Å². The number of aromatic nitrogens is 2. The van der Waals surface area contributed by atoms with E-state index in [1.807, 2.05) is 6.92 Å². The molecule has 0 saturated carbocycles. The van der Waals surface area contributed by atoms with Crippen molar-refractivity contribution in [2.24, 2.45) is 0 Å². The molecule has 3 aromatic rings. The Morgan fingerprint density at radius 3 is 2.52 bits per heavy atom. The molecule has 3 rings (SSSR count). The minimum Gasteiger partial charge on any atom is -0.465 e. The third kappa shape index (κ3) is 4.89. The second-order valence-electron chi connectivity index (χ2n) is 6.06. The van der Waals surface area contributed by atoms with E-state index in [2.05, 4.69) is 10.4 Å². The zero-order valence-electron chi connectivity index (χ0n) is 15.0. The van der Waals surface area contributed by atoms with Crippen molar-refractivity contribution in [2.75, 3.05) is 0 Å². The second kappa shape index (κ2) is 8.56. The Labute approximate surface area is 167 Å². The summed E-state index contributed by atoms with van der Waals surface area (Å²) in [6, 6.07) is 8.47. The minimum absolute atomic E-state index is 0.0516. The van der Waals surface area contributed by atoms with Gasteiger partial charge in [0.25, 0.3) is 5.76 Å². The maximum Gasteiger partial charge on any atom is 0.404 e. The fourth-order valence-electron chi connectivity index (χ4n) is 2.73. The van der Waals surface area contributed by atoms with Crippen molar-refractivity contribution in [3.8, 4) is 16.9 Å². The van der Waals surface area contributed by atoms with Crippen molar-refractivity contribution in [3.05, 3.63) is 65.4 Å². The molecule has 0 saturated heterocycles. The van der Waals surface area contributed by atoms with E-state index in [0.717, 1.165) is 27.9 Å². The predicted molar refractivity (Wildman–Crippen MR) is 100 cm³/mol. The Balaban J connectivity index is 1.92. The molecule has 1 amide bonds. The molecule has 0 aliphatic rings. The summed E-state index contributed by atoms with van der Waals surface area (Å²) in [7, 11) is 0. The molecule has 0 atom stereocenters. The summed E-state index contributed by atoms with van der Waals surface area (Å²) in [4.78, 5) is 10.5. The van der Waals surface area contributed by atoms with Crippen molar-refractivity contribution < 1.29 is 27.5 Å². The number of carboxylic acid groups (broad SMARTS) is 1. The number of hydrogen-bond acceptors (Lipinski definition) is 3. The third-order valence-electron chi connectivity index (χ3n) is 4.11. The highest BCUT2D eigenvalue weighted by Crippen LogP contribution is 2.30.